The van der Waals surface area contributed by atoms with Gasteiger partial charge in [0, 0.05) is 22.2 Å². The molecule has 1 aromatic heterocycles. The molecule has 4 heteroatoms. The van der Waals surface area contributed by atoms with Crippen LogP contribution in [-0.2, 0) is 6.42 Å². The van der Waals surface area contributed by atoms with Crippen LogP contribution in [0.5, 0.6) is 0 Å². The minimum Gasteiger partial charge on any atom is -0.398 e. The van der Waals surface area contributed by atoms with Crippen molar-refractivity contribution in [1.82, 2.24) is 4.98 Å². The number of aromatic amines is 1. The maximum Gasteiger partial charge on any atom is 0.256 e. The first-order valence-electron chi connectivity index (χ1n) is 5.48. The third kappa shape index (κ3) is 2.80. The van der Waals surface area contributed by atoms with Crippen LogP contribution in [0.25, 0.3) is 10.8 Å². The van der Waals surface area contributed by atoms with Gasteiger partial charge in [0.2, 0.25) is 0 Å². The zero-order chi connectivity index (χ0) is 11.7. The van der Waals surface area contributed by atoms with E-state index in [4.69, 9.17) is 5.73 Å². The van der Waals surface area contributed by atoms with Crippen LogP contribution in [0.1, 0.15) is 19.5 Å². The van der Waals surface area contributed by atoms with Crippen LogP contribution in [0.2, 0.25) is 0 Å². The van der Waals surface area contributed by atoms with Gasteiger partial charge in [-0.25, -0.2) is 0 Å². The summed E-state index contributed by atoms with van der Waals surface area (Å²) in [5.41, 5.74) is 7.43. The first kappa shape index (κ1) is 13.6. The number of nitrogens with one attached hydrogen (secondary N) is 1. The molecule has 0 saturated heterocycles. The minimum absolute atomic E-state index is 0. The first-order chi connectivity index (χ1) is 7.58. The second-order valence-electron chi connectivity index (χ2n) is 4.53. The van der Waals surface area contributed by atoms with Crippen molar-refractivity contribution in [2.75, 3.05) is 5.73 Å². The second kappa shape index (κ2) is 5.23. The SMILES string of the molecule is CC(C)Cc1cc2c(N)cccc2c(=O)[nH]1.Cl. The molecular weight excluding hydrogens is 236 g/mol. The number of fused-ring (bicyclic) bond motifs is 1. The summed E-state index contributed by atoms with van der Waals surface area (Å²) in [7, 11) is 0. The largest absolute Gasteiger partial charge is 0.398 e. The van der Waals surface area contributed by atoms with Crippen LogP contribution in [0.4, 0.5) is 5.69 Å². The number of hydrogen-bond donors (Lipinski definition) is 2. The van der Waals surface area contributed by atoms with E-state index in [1.54, 1.807) is 12.1 Å². The topological polar surface area (TPSA) is 58.9 Å². The first-order valence-corrected chi connectivity index (χ1v) is 5.48. The van der Waals surface area contributed by atoms with Crippen molar-refractivity contribution in [2.24, 2.45) is 5.92 Å². The molecule has 2 rings (SSSR count). The van der Waals surface area contributed by atoms with Gasteiger partial charge in [0.25, 0.3) is 5.56 Å². The molecule has 3 N–H and O–H groups in total. The monoisotopic (exact) mass is 252 g/mol. The predicted octanol–water partition coefficient (Wildman–Crippen LogP) is 2.73. The number of halogens is 1. The summed E-state index contributed by atoms with van der Waals surface area (Å²) >= 11 is 0. The predicted molar refractivity (Wildman–Crippen MR) is 74.8 cm³/mol. The standard InChI is InChI=1S/C13H16N2O.ClH/c1-8(2)6-9-7-11-10(13(16)15-9)4-3-5-12(11)14;/h3-5,7-8H,6,14H2,1-2H3,(H,15,16);1H. The molecule has 0 radical (unpaired) electrons. The highest BCUT2D eigenvalue weighted by Gasteiger charge is 2.05. The Balaban J connectivity index is 0.00000144. The van der Waals surface area contributed by atoms with Crippen LogP contribution in [-0.4, -0.2) is 4.98 Å². The lowest BCUT2D eigenvalue weighted by Gasteiger charge is -2.07. The highest BCUT2D eigenvalue weighted by molar-refractivity contribution is 5.92. The number of aromatic nitrogens is 1. The molecule has 0 bridgehead atoms. The van der Waals surface area contributed by atoms with Gasteiger partial charge in [-0.05, 0) is 30.5 Å². The smallest absolute Gasteiger partial charge is 0.256 e. The highest BCUT2D eigenvalue weighted by atomic mass is 35.5. The van der Waals surface area contributed by atoms with E-state index in [2.05, 4.69) is 18.8 Å². The van der Waals surface area contributed by atoms with Gasteiger partial charge in [-0.3, -0.25) is 4.79 Å². The lowest BCUT2D eigenvalue weighted by Crippen LogP contribution is -2.11. The molecule has 1 aromatic carbocycles. The number of hydrogen-bond acceptors (Lipinski definition) is 2. The fourth-order valence-electron chi connectivity index (χ4n) is 1.92. The van der Waals surface area contributed by atoms with E-state index in [9.17, 15) is 4.79 Å². The molecule has 0 saturated carbocycles. The van der Waals surface area contributed by atoms with Crippen LogP contribution in [0, 0.1) is 5.92 Å². The highest BCUT2D eigenvalue weighted by Crippen LogP contribution is 2.19. The molecular formula is C13H17ClN2O. The number of anilines is 1. The van der Waals surface area contributed by atoms with Gasteiger partial charge in [-0.1, -0.05) is 19.9 Å². The molecule has 0 aliphatic carbocycles. The van der Waals surface area contributed by atoms with Crippen LogP contribution >= 0.6 is 12.4 Å². The molecule has 92 valence electrons. The van der Waals surface area contributed by atoms with E-state index in [-0.39, 0.29) is 18.0 Å². The molecule has 17 heavy (non-hydrogen) atoms. The van der Waals surface area contributed by atoms with Crippen molar-refractivity contribution >= 4 is 28.9 Å². The molecule has 0 spiro atoms. The van der Waals surface area contributed by atoms with Gasteiger partial charge < -0.3 is 10.7 Å². The summed E-state index contributed by atoms with van der Waals surface area (Å²) in [6.07, 6.45) is 0.861. The quantitative estimate of drug-likeness (QED) is 0.808. The molecule has 0 amide bonds. The zero-order valence-electron chi connectivity index (χ0n) is 9.99. The van der Waals surface area contributed by atoms with Crippen molar-refractivity contribution in [2.45, 2.75) is 20.3 Å². The Morgan fingerprint density at radius 1 is 1.29 bits per heavy atom. The molecule has 0 aliphatic heterocycles. The number of nitrogens with two attached hydrogens (primary N) is 1. The zero-order valence-corrected chi connectivity index (χ0v) is 10.8. The van der Waals surface area contributed by atoms with E-state index < -0.39 is 0 Å². The number of pyridine rings is 1. The summed E-state index contributed by atoms with van der Waals surface area (Å²) in [6, 6.07) is 7.39. The maximum atomic E-state index is 11.8. The van der Waals surface area contributed by atoms with Gasteiger partial charge in [-0.2, -0.15) is 0 Å². The van der Waals surface area contributed by atoms with Crippen LogP contribution in [0.15, 0.2) is 29.1 Å². The van der Waals surface area contributed by atoms with Gasteiger partial charge >= 0.3 is 0 Å². The number of benzene rings is 1. The second-order valence-corrected chi connectivity index (χ2v) is 4.53. The summed E-state index contributed by atoms with van der Waals surface area (Å²) in [5, 5.41) is 1.51. The molecule has 0 atom stereocenters. The fraction of sp³-hybridized carbons (Fsp3) is 0.308. The van der Waals surface area contributed by atoms with Gasteiger partial charge in [0.05, 0.1) is 0 Å². The summed E-state index contributed by atoms with van der Waals surface area (Å²) in [5.74, 6) is 0.512. The maximum absolute atomic E-state index is 11.8. The normalized spacial score (nSPS) is 10.5. The molecule has 0 aliphatic rings. The van der Waals surface area contributed by atoms with Crippen molar-refractivity contribution < 1.29 is 0 Å². The Morgan fingerprint density at radius 2 is 2.00 bits per heavy atom. The Hall–Kier alpha value is -1.48. The van der Waals surface area contributed by atoms with E-state index in [0.717, 1.165) is 17.5 Å². The van der Waals surface area contributed by atoms with E-state index in [1.165, 1.54) is 0 Å². The number of nitrogen functional groups attached to an aromatic ring is 1. The van der Waals surface area contributed by atoms with Crippen LogP contribution < -0.4 is 11.3 Å². The third-order valence-electron chi connectivity index (χ3n) is 2.61. The average molecular weight is 253 g/mol. The van der Waals surface area contributed by atoms with Crippen molar-refractivity contribution in [3.63, 3.8) is 0 Å². The Bertz CT molecular complexity index is 575. The number of H-pyrrole nitrogens is 1. The van der Waals surface area contributed by atoms with Crippen molar-refractivity contribution in [1.29, 1.82) is 0 Å². The molecule has 0 unspecified atom stereocenters. The van der Waals surface area contributed by atoms with Gasteiger partial charge in [-0.15, -0.1) is 12.4 Å². The van der Waals surface area contributed by atoms with E-state index in [0.29, 0.717) is 17.0 Å². The van der Waals surface area contributed by atoms with E-state index >= 15 is 0 Å². The summed E-state index contributed by atoms with van der Waals surface area (Å²) in [6.45, 7) is 4.24. The third-order valence-corrected chi connectivity index (χ3v) is 2.61. The van der Waals surface area contributed by atoms with Crippen molar-refractivity contribution in [3.05, 3.63) is 40.3 Å². The average Bonchev–Trinajstić information content (AvgIpc) is 2.19. The fourth-order valence-corrected chi connectivity index (χ4v) is 1.92. The lowest BCUT2D eigenvalue weighted by molar-refractivity contribution is 0.635. The van der Waals surface area contributed by atoms with Gasteiger partial charge in [0.15, 0.2) is 0 Å². The number of rotatable bonds is 2. The minimum atomic E-state index is -0.0551. The molecule has 3 nitrogen and oxygen atoms in total. The molecule has 2 aromatic rings. The lowest BCUT2D eigenvalue weighted by atomic mass is 10.0. The summed E-state index contributed by atoms with van der Waals surface area (Å²) in [4.78, 5) is 14.7. The van der Waals surface area contributed by atoms with Crippen molar-refractivity contribution in [3.8, 4) is 0 Å². The summed E-state index contributed by atoms with van der Waals surface area (Å²) < 4.78 is 0. The van der Waals surface area contributed by atoms with Crippen LogP contribution in [0.3, 0.4) is 0 Å². The Morgan fingerprint density at radius 3 is 2.65 bits per heavy atom. The molecule has 1 heterocycles. The van der Waals surface area contributed by atoms with Gasteiger partial charge in [0.1, 0.15) is 0 Å². The Labute approximate surface area is 106 Å². The molecule has 0 fully saturated rings. The Kier molecular flexibility index (Phi) is 4.18. The van der Waals surface area contributed by atoms with E-state index in [1.807, 2.05) is 12.1 Å².